The first-order valence-corrected chi connectivity index (χ1v) is 7.96. The number of nitrogens with zero attached hydrogens (tertiary/aromatic N) is 2. The van der Waals surface area contributed by atoms with Crippen molar-refractivity contribution in [1.82, 2.24) is 9.38 Å². The molecule has 2 aromatic heterocycles. The Balaban J connectivity index is 2.14. The van der Waals surface area contributed by atoms with Crippen molar-refractivity contribution in [2.75, 3.05) is 5.32 Å². The summed E-state index contributed by atoms with van der Waals surface area (Å²) >= 11 is 5.95. The number of halogens is 4. The number of nitrogens with one attached hydrogen (secondary N) is 1. The van der Waals surface area contributed by atoms with Crippen molar-refractivity contribution in [2.24, 2.45) is 0 Å². The van der Waals surface area contributed by atoms with Gasteiger partial charge in [0, 0.05) is 18.0 Å². The minimum atomic E-state index is -4.62. The highest BCUT2D eigenvalue weighted by molar-refractivity contribution is 6.33. The number of pyridine rings is 1. The van der Waals surface area contributed by atoms with Crippen LogP contribution in [0.3, 0.4) is 0 Å². The number of alkyl halides is 3. The number of aromatic nitrogens is 2. The van der Waals surface area contributed by atoms with Crippen LogP contribution in [0, 0.1) is 0 Å². The summed E-state index contributed by atoms with van der Waals surface area (Å²) in [7, 11) is 0. The number of amides is 1. The molecule has 0 aliphatic heterocycles. The summed E-state index contributed by atoms with van der Waals surface area (Å²) in [6.45, 7) is 1.73. The van der Waals surface area contributed by atoms with Gasteiger partial charge in [0.2, 0.25) is 0 Å². The molecular formula is C17H13ClF3N3O2. The lowest BCUT2D eigenvalue weighted by Gasteiger charge is -2.10. The SMILES string of the molecule is CCc1nc2c(Cl)cc(C(F)(F)F)cn2c1C(=O)Nc1cccc(O)c1. The lowest BCUT2D eigenvalue weighted by Crippen LogP contribution is -2.17. The molecule has 0 spiro atoms. The molecule has 1 aromatic carbocycles. The van der Waals surface area contributed by atoms with Gasteiger partial charge in [-0.3, -0.25) is 9.20 Å². The standard InChI is InChI=1S/C17H13ClF3N3O2/c1-2-13-14(16(26)22-10-4-3-5-11(25)7-10)24-8-9(17(19,20)21)6-12(18)15(24)23-13/h3-8,25H,2H2,1H3,(H,22,26). The topological polar surface area (TPSA) is 66.6 Å². The van der Waals surface area contributed by atoms with Gasteiger partial charge in [-0.1, -0.05) is 24.6 Å². The Hall–Kier alpha value is -2.74. The van der Waals surface area contributed by atoms with Crippen molar-refractivity contribution in [2.45, 2.75) is 19.5 Å². The first-order valence-electron chi connectivity index (χ1n) is 7.58. The van der Waals surface area contributed by atoms with Gasteiger partial charge in [0.05, 0.1) is 16.3 Å². The molecule has 136 valence electrons. The number of carbonyl (C=O) groups is 1. The Bertz CT molecular complexity index is 999. The maximum absolute atomic E-state index is 13.1. The fraction of sp³-hybridized carbons (Fsp3) is 0.176. The van der Waals surface area contributed by atoms with Gasteiger partial charge in [0.25, 0.3) is 5.91 Å². The normalized spacial score (nSPS) is 11.7. The molecule has 5 nitrogen and oxygen atoms in total. The number of phenolic OH excluding ortho intramolecular Hbond substituents is 1. The van der Waals surface area contributed by atoms with Crippen LogP contribution >= 0.6 is 11.6 Å². The third-order valence-corrected chi connectivity index (χ3v) is 4.01. The second-order valence-corrected chi connectivity index (χ2v) is 5.94. The Morgan fingerprint density at radius 3 is 2.69 bits per heavy atom. The number of anilines is 1. The summed E-state index contributed by atoms with van der Waals surface area (Å²) < 4.78 is 40.3. The molecule has 2 N–H and O–H groups in total. The zero-order chi connectivity index (χ0) is 19.1. The van der Waals surface area contributed by atoms with E-state index in [1.165, 1.54) is 18.2 Å². The molecule has 0 aliphatic rings. The van der Waals surface area contributed by atoms with Gasteiger partial charge in [-0.15, -0.1) is 0 Å². The number of benzene rings is 1. The number of aromatic hydroxyl groups is 1. The van der Waals surface area contributed by atoms with E-state index in [4.69, 9.17) is 11.6 Å². The number of carbonyl (C=O) groups excluding carboxylic acids is 1. The van der Waals surface area contributed by atoms with E-state index in [1.807, 2.05) is 0 Å². The van der Waals surface area contributed by atoms with Crippen LogP contribution in [0.5, 0.6) is 5.75 Å². The lowest BCUT2D eigenvalue weighted by atomic mass is 10.2. The average molecular weight is 384 g/mol. The lowest BCUT2D eigenvalue weighted by molar-refractivity contribution is -0.137. The summed E-state index contributed by atoms with van der Waals surface area (Å²) in [6.07, 6.45) is -3.50. The molecule has 0 atom stereocenters. The maximum atomic E-state index is 13.1. The second-order valence-electron chi connectivity index (χ2n) is 5.53. The van der Waals surface area contributed by atoms with Crippen LogP contribution in [-0.4, -0.2) is 20.4 Å². The summed E-state index contributed by atoms with van der Waals surface area (Å²) in [6, 6.07) is 6.59. The van der Waals surface area contributed by atoms with Crippen LogP contribution in [0.2, 0.25) is 5.02 Å². The van der Waals surface area contributed by atoms with E-state index in [0.717, 1.165) is 16.7 Å². The number of imidazole rings is 1. The van der Waals surface area contributed by atoms with Gasteiger partial charge < -0.3 is 10.4 Å². The molecule has 26 heavy (non-hydrogen) atoms. The maximum Gasteiger partial charge on any atom is 0.417 e. The first-order chi connectivity index (χ1) is 12.2. The van der Waals surface area contributed by atoms with Crippen molar-refractivity contribution in [3.8, 4) is 5.75 Å². The molecule has 0 radical (unpaired) electrons. The third-order valence-electron chi connectivity index (χ3n) is 3.73. The zero-order valence-corrected chi connectivity index (χ0v) is 14.2. The smallest absolute Gasteiger partial charge is 0.417 e. The number of rotatable bonds is 3. The van der Waals surface area contributed by atoms with Crippen LogP contribution in [0.1, 0.15) is 28.7 Å². The molecule has 1 amide bonds. The average Bonchev–Trinajstić information content (AvgIpc) is 2.93. The monoisotopic (exact) mass is 383 g/mol. The molecule has 0 unspecified atom stereocenters. The predicted molar refractivity (Wildman–Crippen MR) is 90.6 cm³/mol. The van der Waals surface area contributed by atoms with Gasteiger partial charge in [0.1, 0.15) is 11.4 Å². The molecule has 0 saturated heterocycles. The largest absolute Gasteiger partial charge is 0.508 e. The fourth-order valence-corrected chi connectivity index (χ4v) is 2.82. The molecule has 0 bridgehead atoms. The minimum Gasteiger partial charge on any atom is -0.508 e. The molecule has 0 aliphatic carbocycles. The second kappa shape index (κ2) is 6.53. The summed E-state index contributed by atoms with van der Waals surface area (Å²) in [5, 5.41) is 11.8. The van der Waals surface area contributed by atoms with Crippen molar-refractivity contribution < 1.29 is 23.1 Å². The quantitative estimate of drug-likeness (QED) is 0.698. The van der Waals surface area contributed by atoms with E-state index in [-0.39, 0.29) is 22.1 Å². The molecule has 9 heteroatoms. The van der Waals surface area contributed by atoms with Crippen molar-refractivity contribution >= 4 is 28.8 Å². The highest BCUT2D eigenvalue weighted by Crippen LogP contribution is 2.33. The zero-order valence-electron chi connectivity index (χ0n) is 13.4. The van der Waals surface area contributed by atoms with E-state index in [1.54, 1.807) is 13.0 Å². The number of hydrogen-bond donors (Lipinski definition) is 2. The van der Waals surface area contributed by atoms with Crippen LogP contribution in [-0.2, 0) is 12.6 Å². The third kappa shape index (κ3) is 3.32. The van der Waals surface area contributed by atoms with Crippen LogP contribution in [0.4, 0.5) is 18.9 Å². The van der Waals surface area contributed by atoms with Crippen molar-refractivity contribution in [3.63, 3.8) is 0 Å². The predicted octanol–water partition coefficient (Wildman–Crippen LogP) is 4.53. The van der Waals surface area contributed by atoms with Gasteiger partial charge in [0.15, 0.2) is 5.65 Å². The van der Waals surface area contributed by atoms with E-state index in [0.29, 0.717) is 17.8 Å². The first kappa shape index (κ1) is 18.1. The fourth-order valence-electron chi connectivity index (χ4n) is 2.57. The summed E-state index contributed by atoms with van der Waals surface area (Å²) in [5.74, 6) is -0.714. The number of fused-ring (bicyclic) bond motifs is 1. The van der Waals surface area contributed by atoms with E-state index < -0.39 is 17.6 Å². The molecule has 2 heterocycles. The van der Waals surface area contributed by atoms with Gasteiger partial charge in [-0.25, -0.2) is 4.98 Å². The number of aryl methyl sites for hydroxylation is 1. The molecular weight excluding hydrogens is 371 g/mol. The Morgan fingerprint density at radius 1 is 1.35 bits per heavy atom. The van der Waals surface area contributed by atoms with Gasteiger partial charge in [-0.05, 0) is 24.6 Å². The Kier molecular flexibility index (Phi) is 4.53. The highest BCUT2D eigenvalue weighted by atomic mass is 35.5. The molecule has 0 saturated carbocycles. The molecule has 3 rings (SSSR count). The van der Waals surface area contributed by atoms with Crippen LogP contribution in [0.15, 0.2) is 36.5 Å². The highest BCUT2D eigenvalue weighted by Gasteiger charge is 2.33. The summed E-state index contributed by atoms with van der Waals surface area (Å²) in [4.78, 5) is 16.9. The molecule has 3 aromatic rings. The van der Waals surface area contributed by atoms with Gasteiger partial charge in [-0.2, -0.15) is 13.2 Å². The number of phenols is 1. The van der Waals surface area contributed by atoms with Crippen molar-refractivity contribution in [3.05, 3.63) is 58.5 Å². The van der Waals surface area contributed by atoms with Crippen LogP contribution in [0.25, 0.3) is 5.65 Å². The van der Waals surface area contributed by atoms with Crippen molar-refractivity contribution in [1.29, 1.82) is 0 Å². The molecule has 0 fully saturated rings. The van der Waals surface area contributed by atoms with Crippen LogP contribution < -0.4 is 5.32 Å². The minimum absolute atomic E-state index is 0.0427. The Labute approximate surface area is 151 Å². The van der Waals surface area contributed by atoms with E-state index >= 15 is 0 Å². The number of hydrogen-bond acceptors (Lipinski definition) is 3. The van der Waals surface area contributed by atoms with E-state index in [2.05, 4.69) is 10.3 Å². The van der Waals surface area contributed by atoms with Gasteiger partial charge >= 0.3 is 6.18 Å². The van der Waals surface area contributed by atoms with E-state index in [9.17, 15) is 23.1 Å². The Morgan fingerprint density at radius 2 is 2.08 bits per heavy atom. The summed E-state index contributed by atoms with van der Waals surface area (Å²) in [5.41, 5.74) is -0.355.